The third-order valence-electron chi connectivity index (χ3n) is 3.69. The van der Waals surface area contributed by atoms with E-state index in [0.717, 1.165) is 6.07 Å². The van der Waals surface area contributed by atoms with Crippen molar-refractivity contribution < 1.29 is 23.1 Å². The fourth-order valence-electron chi connectivity index (χ4n) is 2.63. The summed E-state index contributed by atoms with van der Waals surface area (Å²) in [6.45, 7) is 5.83. The van der Waals surface area contributed by atoms with Crippen LogP contribution in [0.5, 0.6) is 0 Å². The number of hydrogen-bond acceptors (Lipinski definition) is 3. The van der Waals surface area contributed by atoms with E-state index in [2.05, 4.69) is 5.32 Å². The van der Waals surface area contributed by atoms with Gasteiger partial charge in [0.1, 0.15) is 17.0 Å². The molecule has 8 heteroatoms. The summed E-state index contributed by atoms with van der Waals surface area (Å²) in [5.41, 5.74) is -1.17. The number of nitrogens with one attached hydrogen (secondary N) is 1. The van der Waals surface area contributed by atoms with Crippen molar-refractivity contribution in [3.05, 3.63) is 32.9 Å². The maximum Gasteiger partial charge on any atom is 0.407 e. The molecule has 1 fully saturated rings. The molecule has 2 amide bonds. The molecule has 25 heavy (non-hydrogen) atoms. The van der Waals surface area contributed by atoms with E-state index in [1.54, 1.807) is 43.4 Å². The van der Waals surface area contributed by atoms with E-state index in [4.69, 9.17) is 4.74 Å². The van der Waals surface area contributed by atoms with Gasteiger partial charge in [-0.25, -0.2) is 13.6 Å². The third kappa shape index (κ3) is 5.26. The van der Waals surface area contributed by atoms with Crippen molar-refractivity contribution in [2.24, 2.45) is 0 Å². The molecule has 0 aromatic heterocycles. The largest absolute Gasteiger partial charge is 0.444 e. The molecule has 1 aliphatic heterocycles. The minimum atomic E-state index is -0.884. The van der Waals surface area contributed by atoms with Crippen LogP contribution >= 0.6 is 22.6 Å². The van der Waals surface area contributed by atoms with Crippen molar-refractivity contribution in [2.45, 2.75) is 45.3 Å². The van der Waals surface area contributed by atoms with E-state index < -0.39 is 34.8 Å². The van der Waals surface area contributed by atoms with E-state index in [-0.39, 0.29) is 16.2 Å². The number of hydrogen-bond donors (Lipinski definition) is 1. The number of carbonyl (C=O) groups is 2. The highest BCUT2D eigenvalue weighted by atomic mass is 127. The number of alkyl carbamates (subject to hydrolysis) is 1. The Balaban J connectivity index is 2.07. The monoisotopic (exact) mass is 466 g/mol. The van der Waals surface area contributed by atoms with Crippen LogP contribution in [0.1, 0.15) is 44.0 Å². The first kappa shape index (κ1) is 19.9. The van der Waals surface area contributed by atoms with Crippen LogP contribution in [0, 0.1) is 15.2 Å². The van der Waals surface area contributed by atoms with Gasteiger partial charge < -0.3 is 15.0 Å². The summed E-state index contributed by atoms with van der Waals surface area (Å²) >= 11 is 1.72. The summed E-state index contributed by atoms with van der Waals surface area (Å²) < 4.78 is 33.5. The number of rotatable bonds is 2. The van der Waals surface area contributed by atoms with Crippen molar-refractivity contribution in [2.75, 3.05) is 13.1 Å². The minimum absolute atomic E-state index is 0.183. The van der Waals surface area contributed by atoms with Crippen molar-refractivity contribution in [3.8, 4) is 0 Å². The Hall–Kier alpha value is -1.45. The summed E-state index contributed by atoms with van der Waals surface area (Å²) in [5, 5.41) is 2.71. The van der Waals surface area contributed by atoms with Crippen LogP contribution in [0.2, 0.25) is 0 Å². The molecule has 0 saturated carbocycles. The lowest BCUT2D eigenvalue weighted by molar-refractivity contribution is 0.0450. The SMILES string of the molecule is CC(C)(C)OC(=O)N[C@@H]1CCCN(C(=O)c2c(F)ccc(I)c2F)C1. The predicted molar refractivity (Wildman–Crippen MR) is 97.4 cm³/mol. The first-order valence-electron chi connectivity index (χ1n) is 8.01. The number of carbonyl (C=O) groups excluding carboxylic acids is 2. The average molecular weight is 466 g/mol. The lowest BCUT2D eigenvalue weighted by atomic mass is 10.0. The van der Waals surface area contributed by atoms with E-state index in [9.17, 15) is 18.4 Å². The number of nitrogens with zero attached hydrogens (tertiary/aromatic N) is 1. The zero-order chi connectivity index (χ0) is 18.8. The van der Waals surface area contributed by atoms with Gasteiger partial charge >= 0.3 is 6.09 Å². The zero-order valence-electron chi connectivity index (χ0n) is 14.4. The molecule has 1 N–H and O–H groups in total. The molecule has 1 heterocycles. The van der Waals surface area contributed by atoms with Crippen LogP contribution in [-0.2, 0) is 4.74 Å². The van der Waals surface area contributed by atoms with Gasteiger partial charge in [-0.3, -0.25) is 4.79 Å². The van der Waals surface area contributed by atoms with Crippen molar-refractivity contribution in [1.82, 2.24) is 10.2 Å². The lowest BCUT2D eigenvalue weighted by Gasteiger charge is -2.33. The third-order valence-corrected chi connectivity index (χ3v) is 4.52. The quantitative estimate of drug-likeness (QED) is 0.535. The fraction of sp³-hybridized carbons (Fsp3) is 0.529. The zero-order valence-corrected chi connectivity index (χ0v) is 16.5. The van der Waals surface area contributed by atoms with E-state index in [1.807, 2.05) is 0 Å². The number of benzene rings is 1. The van der Waals surface area contributed by atoms with Crippen LogP contribution in [0.15, 0.2) is 12.1 Å². The summed E-state index contributed by atoms with van der Waals surface area (Å²) in [4.78, 5) is 25.8. The molecular weight excluding hydrogens is 445 g/mol. The first-order chi connectivity index (χ1) is 11.6. The molecule has 1 aromatic carbocycles. The second-order valence-electron chi connectivity index (χ2n) is 6.95. The summed E-state index contributed by atoms with van der Waals surface area (Å²) in [5.74, 6) is -2.44. The Morgan fingerprint density at radius 3 is 2.64 bits per heavy atom. The highest BCUT2D eigenvalue weighted by molar-refractivity contribution is 14.1. The number of likely N-dealkylation sites (tertiary alicyclic amines) is 1. The topological polar surface area (TPSA) is 58.6 Å². The maximum absolute atomic E-state index is 14.2. The Labute approximate surface area is 159 Å². The van der Waals surface area contributed by atoms with Crippen molar-refractivity contribution in [1.29, 1.82) is 0 Å². The van der Waals surface area contributed by atoms with Gasteiger partial charge in [-0.05, 0) is 68.3 Å². The Bertz CT molecular complexity index is 677. The standard InChI is InChI=1S/C17H21F2IN2O3/c1-17(2,3)25-16(24)21-10-5-4-8-22(9-10)15(23)13-11(18)6-7-12(20)14(13)19/h6-7,10H,4-5,8-9H2,1-3H3,(H,21,24)/t10-/m1/s1. The molecular formula is C17H21F2IN2O3. The van der Waals surface area contributed by atoms with E-state index in [0.29, 0.717) is 19.4 Å². The predicted octanol–water partition coefficient (Wildman–Crippen LogP) is 3.70. The molecule has 5 nitrogen and oxygen atoms in total. The highest BCUT2D eigenvalue weighted by Crippen LogP contribution is 2.22. The molecule has 0 bridgehead atoms. The van der Waals surface area contributed by atoms with Gasteiger partial charge in [0.25, 0.3) is 5.91 Å². The first-order valence-corrected chi connectivity index (χ1v) is 9.08. The molecule has 138 valence electrons. The van der Waals surface area contributed by atoms with Crippen LogP contribution < -0.4 is 5.32 Å². The van der Waals surface area contributed by atoms with Gasteiger partial charge in [0.05, 0.1) is 0 Å². The second kappa shape index (κ2) is 7.84. The minimum Gasteiger partial charge on any atom is -0.444 e. The maximum atomic E-state index is 14.2. The smallest absolute Gasteiger partial charge is 0.407 e. The van der Waals surface area contributed by atoms with Gasteiger partial charge in [0, 0.05) is 22.7 Å². The Morgan fingerprint density at radius 2 is 2.00 bits per heavy atom. The molecule has 0 unspecified atom stereocenters. The summed E-state index contributed by atoms with van der Waals surface area (Å²) in [6, 6.07) is 2.05. The van der Waals surface area contributed by atoms with Crippen molar-refractivity contribution in [3.63, 3.8) is 0 Å². The number of ether oxygens (including phenoxy) is 1. The lowest BCUT2D eigenvalue weighted by Crippen LogP contribution is -2.50. The van der Waals surface area contributed by atoms with Crippen LogP contribution in [0.4, 0.5) is 13.6 Å². The number of amides is 2. The summed E-state index contributed by atoms with van der Waals surface area (Å²) in [6.07, 6.45) is 0.720. The molecule has 1 aliphatic rings. The second-order valence-corrected chi connectivity index (χ2v) is 8.12. The number of halogens is 3. The number of piperidine rings is 1. The molecule has 0 radical (unpaired) electrons. The molecule has 1 saturated heterocycles. The van der Waals surface area contributed by atoms with Crippen LogP contribution in [-0.4, -0.2) is 41.6 Å². The van der Waals surface area contributed by atoms with Crippen LogP contribution in [0.25, 0.3) is 0 Å². The van der Waals surface area contributed by atoms with Gasteiger partial charge in [0.2, 0.25) is 0 Å². The highest BCUT2D eigenvalue weighted by Gasteiger charge is 2.30. The Morgan fingerprint density at radius 1 is 1.32 bits per heavy atom. The van der Waals surface area contributed by atoms with Gasteiger partial charge in [-0.2, -0.15) is 0 Å². The molecule has 0 aliphatic carbocycles. The van der Waals surface area contributed by atoms with Crippen molar-refractivity contribution >= 4 is 34.6 Å². The molecule has 1 aromatic rings. The Kier molecular flexibility index (Phi) is 6.23. The molecule has 1 atom stereocenters. The summed E-state index contributed by atoms with van der Waals surface area (Å²) in [7, 11) is 0. The fourth-order valence-corrected chi connectivity index (χ4v) is 3.08. The molecule has 2 rings (SSSR count). The van der Waals surface area contributed by atoms with Gasteiger partial charge in [0.15, 0.2) is 5.82 Å². The van der Waals surface area contributed by atoms with E-state index in [1.165, 1.54) is 11.0 Å². The van der Waals surface area contributed by atoms with Crippen LogP contribution in [0.3, 0.4) is 0 Å². The van der Waals surface area contributed by atoms with Gasteiger partial charge in [-0.15, -0.1) is 0 Å². The molecule has 0 spiro atoms. The van der Waals surface area contributed by atoms with E-state index >= 15 is 0 Å². The normalized spacial score (nSPS) is 18.0. The average Bonchev–Trinajstić information content (AvgIpc) is 2.49. The van der Waals surface area contributed by atoms with Gasteiger partial charge in [-0.1, -0.05) is 0 Å².